The first kappa shape index (κ1) is 13.4. The zero-order valence-electron chi connectivity index (χ0n) is 11.9. The average molecular weight is 276 g/mol. The lowest BCUT2D eigenvalue weighted by Crippen LogP contribution is -2.38. The van der Waals surface area contributed by atoms with Crippen LogP contribution in [0.15, 0.2) is 6.07 Å². The van der Waals surface area contributed by atoms with Crippen LogP contribution in [-0.2, 0) is 17.6 Å². The molecule has 108 valence electrons. The summed E-state index contributed by atoms with van der Waals surface area (Å²) in [6.07, 6.45) is 3.98. The van der Waals surface area contributed by atoms with Crippen molar-refractivity contribution in [2.75, 3.05) is 18.6 Å². The molecule has 0 amide bonds. The number of carboxylic acids is 1. The van der Waals surface area contributed by atoms with E-state index in [2.05, 4.69) is 4.98 Å². The van der Waals surface area contributed by atoms with E-state index >= 15 is 0 Å². The molecule has 1 fully saturated rings. The van der Waals surface area contributed by atoms with Crippen LogP contribution in [0.3, 0.4) is 0 Å². The van der Waals surface area contributed by atoms with Gasteiger partial charge in [0.1, 0.15) is 11.4 Å². The zero-order chi connectivity index (χ0) is 14.3. The highest BCUT2D eigenvalue weighted by molar-refractivity contribution is 5.93. The zero-order valence-corrected chi connectivity index (χ0v) is 11.9. The molecule has 5 heteroatoms. The Morgan fingerprint density at radius 3 is 2.95 bits per heavy atom. The van der Waals surface area contributed by atoms with Gasteiger partial charge in [0.2, 0.25) is 0 Å². The van der Waals surface area contributed by atoms with Crippen molar-refractivity contribution in [3.8, 4) is 0 Å². The molecule has 2 atom stereocenters. The van der Waals surface area contributed by atoms with Gasteiger partial charge in [-0.2, -0.15) is 0 Å². The summed E-state index contributed by atoms with van der Waals surface area (Å²) in [5.41, 5.74) is 2.46. The molecule has 0 aromatic carbocycles. The molecule has 3 rings (SSSR count). The third kappa shape index (κ3) is 2.16. The number of rotatable bonds is 3. The van der Waals surface area contributed by atoms with E-state index in [1.165, 1.54) is 0 Å². The summed E-state index contributed by atoms with van der Waals surface area (Å²) in [4.78, 5) is 18.2. The molecule has 1 aliphatic carbocycles. The second-order valence-electron chi connectivity index (χ2n) is 5.67. The average Bonchev–Trinajstić information content (AvgIpc) is 3.04. The smallest absolute Gasteiger partial charge is 0.339 e. The van der Waals surface area contributed by atoms with Crippen LogP contribution >= 0.6 is 0 Å². The summed E-state index contributed by atoms with van der Waals surface area (Å²) in [5, 5.41) is 9.46. The van der Waals surface area contributed by atoms with Crippen molar-refractivity contribution in [3.05, 3.63) is 22.9 Å². The number of carboxylic acid groups (broad SMARTS) is 1. The summed E-state index contributed by atoms with van der Waals surface area (Å²) in [5.74, 6) is -0.318. The summed E-state index contributed by atoms with van der Waals surface area (Å²) in [6, 6.07) is 2.00. The van der Waals surface area contributed by atoms with Gasteiger partial charge in [-0.05, 0) is 44.2 Å². The van der Waals surface area contributed by atoms with Crippen LogP contribution < -0.4 is 4.90 Å². The molecule has 0 saturated carbocycles. The van der Waals surface area contributed by atoms with Gasteiger partial charge in [-0.15, -0.1) is 0 Å². The summed E-state index contributed by atoms with van der Waals surface area (Å²) < 4.78 is 5.58. The standard InChI is InChI=1S/C15H20N2O3/c1-9-13(6-7-20-9)17(2)14-11(15(18)19)8-10-4-3-5-12(10)16-14/h8-9,13H,3-7H2,1-2H3,(H,18,19). The molecular weight excluding hydrogens is 256 g/mol. The van der Waals surface area contributed by atoms with E-state index in [0.717, 1.165) is 43.5 Å². The van der Waals surface area contributed by atoms with Crippen LogP contribution in [0.5, 0.6) is 0 Å². The van der Waals surface area contributed by atoms with Gasteiger partial charge in [0.05, 0.1) is 12.1 Å². The predicted molar refractivity (Wildman–Crippen MR) is 75.4 cm³/mol. The van der Waals surface area contributed by atoms with Gasteiger partial charge in [0.25, 0.3) is 0 Å². The number of nitrogens with zero attached hydrogens (tertiary/aromatic N) is 2. The lowest BCUT2D eigenvalue weighted by atomic mass is 10.1. The van der Waals surface area contributed by atoms with Gasteiger partial charge in [-0.3, -0.25) is 0 Å². The molecule has 1 saturated heterocycles. The van der Waals surface area contributed by atoms with Crippen LogP contribution in [0.25, 0.3) is 0 Å². The number of anilines is 1. The van der Waals surface area contributed by atoms with Crippen molar-refractivity contribution in [2.24, 2.45) is 0 Å². The lowest BCUT2D eigenvalue weighted by molar-refractivity contribution is 0.0696. The number of aromatic carboxylic acids is 1. The highest BCUT2D eigenvalue weighted by Gasteiger charge is 2.31. The first-order valence-electron chi connectivity index (χ1n) is 7.18. The molecule has 1 aromatic rings. The van der Waals surface area contributed by atoms with Crippen LogP contribution in [0.4, 0.5) is 5.82 Å². The van der Waals surface area contributed by atoms with E-state index in [0.29, 0.717) is 11.4 Å². The fourth-order valence-corrected chi connectivity index (χ4v) is 3.27. The molecule has 2 aliphatic rings. The number of aryl methyl sites for hydroxylation is 2. The topological polar surface area (TPSA) is 62.7 Å². The monoisotopic (exact) mass is 276 g/mol. The van der Waals surface area contributed by atoms with Crippen molar-refractivity contribution in [3.63, 3.8) is 0 Å². The van der Waals surface area contributed by atoms with Gasteiger partial charge in [0, 0.05) is 19.3 Å². The van der Waals surface area contributed by atoms with Crippen LogP contribution in [0, 0.1) is 0 Å². The Kier molecular flexibility index (Phi) is 3.38. The van der Waals surface area contributed by atoms with E-state index in [1.807, 2.05) is 24.9 Å². The van der Waals surface area contributed by atoms with E-state index in [-0.39, 0.29) is 12.1 Å². The number of likely N-dealkylation sites (N-methyl/N-ethyl adjacent to an activating group) is 1. The van der Waals surface area contributed by atoms with Gasteiger partial charge in [0.15, 0.2) is 0 Å². The fourth-order valence-electron chi connectivity index (χ4n) is 3.27. The molecular formula is C15H20N2O3. The maximum absolute atomic E-state index is 11.5. The second-order valence-corrected chi connectivity index (χ2v) is 5.67. The Morgan fingerprint density at radius 1 is 1.50 bits per heavy atom. The van der Waals surface area contributed by atoms with E-state index in [9.17, 15) is 9.90 Å². The van der Waals surface area contributed by atoms with Crippen LogP contribution in [0.1, 0.15) is 41.4 Å². The molecule has 5 nitrogen and oxygen atoms in total. The third-order valence-electron chi connectivity index (χ3n) is 4.43. The number of ether oxygens (including phenoxy) is 1. The third-order valence-corrected chi connectivity index (χ3v) is 4.43. The number of hydrogen-bond donors (Lipinski definition) is 1. The van der Waals surface area contributed by atoms with Crippen molar-refractivity contribution < 1.29 is 14.6 Å². The van der Waals surface area contributed by atoms with Crippen LogP contribution in [-0.4, -0.2) is 41.9 Å². The largest absolute Gasteiger partial charge is 0.478 e. The Morgan fingerprint density at radius 2 is 2.30 bits per heavy atom. The fraction of sp³-hybridized carbons (Fsp3) is 0.600. The highest BCUT2D eigenvalue weighted by atomic mass is 16.5. The molecule has 0 bridgehead atoms. The highest BCUT2D eigenvalue weighted by Crippen LogP contribution is 2.30. The molecule has 2 unspecified atom stereocenters. The van der Waals surface area contributed by atoms with Gasteiger partial charge >= 0.3 is 5.97 Å². The summed E-state index contributed by atoms with van der Waals surface area (Å²) >= 11 is 0. The number of fused-ring (bicyclic) bond motifs is 1. The van der Waals surface area contributed by atoms with E-state index in [4.69, 9.17) is 4.74 Å². The van der Waals surface area contributed by atoms with Crippen molar-refractivity contribution in [1.82, 2.24) is 4.98 Å². The first-order chi connectivity index (χ1) is 9.58. The Balaban J connectivity index is 2.01. The Hall–Kier alpha value is -1.62. The minimum absolute atomic E-state index is 0.108. The number of pyridine rings is 1. The summed E-state index contributed by atoms with van der Waals surface area (Å²) in [6.45, 7) is 2.76. The second kappa shape index (κ2) is 5.05. The van der Waals surface area contributed by atoms with Crippen molar-refractivity contribution in [2.45, 2.75) is 44.8 Å². The summed E-state index contributed by atoms with van der Waals surface area (Å²) in [7, 11) is 1.92. The van der Waals surface area contributed by atoms with Crippen molar-refractivity contribution >= 4 is 11.8 Å². The molecule has 1 aromatic heterocycles. The maximum Gasteiger partial charge on any atom is 0.339 e. The lowest BCUT2D eigenvalue weighted by Gasteiger charge is -2.29. The predicted octanol–water partition coefficient (Wildman–Crippen LogP) is 1.88. The Labute approximate surface area is 118 Å². The minimum Gasteiger partial charge on any atom is -0.478 e. The van der Waals surface area contributed by atoms with Gasteiger partial charge in [-0.25, -0.2) is 9.78 Å². The molecule has 1 aliphatic heterocycles. The molecule has 2 heterocycles. The van der Waals surface area contributed by atoms with Crippen LogP contribution in [0.2, 0.25) is 0 Å². The van der Waals surface area contributed by atoms with Gasteiger partial charge < -0.3 is 14.7 Å². The number of aromatic nitrogens is 1. The molecule has 1 N–H and O–H groups in total. The molecule has 0 radical (unpaired) electrons. The molecule has 0 spiro atoms. The minimum atomic E-state index is -0.902. The Bertz CT molecular complexity index is 544. The maximum atomic E-state index is 11.5. The normalized spacial score (nSPS) is 24.7. The quantitative estimate of drug-likeness (QED) is 0.913. The van der Waals surface area contributed by atoms with E-state index < -0.39 is 5.97 Å². The van der Waals surface area contributed by atoms with Crippen molar-refractivity contribution in [1.29, 1.82) is 0 Å². The van der Waals surface area contributed by atoms with Gasteiger partial charge in [-0.1, -0.05) is 0 Å². The van der Waals surface area contributed by atoms with E-state index in [1.54, 1.807) is 0 Å². The number of hydrogen-bond acceptors (Lipinski definition) is 4. The number of carbonyl (C=O) groups is 1. The molecule has 20 heavy (non-hydrogen) atoms. The SMILES string of the molecule is CC1OCCC1N(C)c1nc2c(cc1C(=O)O)CCC2. The first-order valence-corrected chi connectivity index (χ1v) is 7.18.